The van der Waals surface area contributed by atoms with E-state index in [4.69, 9.17) is 10.5 Å². The third-order valence-corrected chi connectivity index (χ3v) is 5.73. The number of ether oxygens (including phenoxy) is 1. The summed E-state index contributed by atoms with van der Waals surface area (Å²) in [4.78, 5) is 13.2. The Morgan fingerprint density at radius 2 is 2.05 bits per heavy atom. The van der Waals surface area contributed by atoms with E-state index in [-0.39, 0.29) is 11.9 Å². The molecule has 1 saturated carbocycles. The predicted octanol–water partition coefficient (Wildman–Crippen LogP) is 1.39. The van der Waals surface area contributed by atoms with Crippen molar-refractivity contribution in [3.63, 3.8) is 0 Å². The van der Waals surface area contributed by atoms with Crippen LogP contribution in [0.25, 0.3) is 0 Å². The summed E-state index contributed by atoms with van der Waals surface area (Å²) in [5.74, 6) is -0.183. The fourth-order valence-electron chi connectivity index (χ4n) is 2.26. The van der Waals surface area contributed by atoms with Crippen LogP contribution in [-0.4, -0.2) is 61.9 Å². The topological polar surface area (TPSA) is 55.6 Å². The fraction of sp³-hybridized carbons (Fsp3) is 0.643. The van der Waals surface area contributed by atoms with E-state index in [0.29, 0.717) is 19.3 Å². The number of hydrogen-bond donors (Lipinski definition) is 1. The molecule has 0 saturated heterocycles. The second kappa shape index (κ2) is 8.86. The molecule has 1 rings (SSSR count). The Bertz CT molecular complexity index is 315. The van der Waals surface area contributed by atoms with Crippen molar-refractivity contribution in [3.8, 4) is 0 Å². The monoisotopic (exact) mass is 459 g/mol. The van der Waals surface area contributed by atoms with Crippen molar-refractivity contribution in [1.29, 1.82) is 0 Å². The predicted molar refractivity (Wildman–Crippen MR) is 77.8 cm³/mol. The fourth-order valence-corrected chi connectivity index (χ4v) is 3.56. The maximum atomic E-state index is 11.7. The number of nitrogens with two attached hydrogens (primary N) is 1. The molecule has 0 bridgehead atoms. The molecule has 0 aromatic heterocycles. The van der Waals surface area contributed by atoms with Gasteiger partial charge in [0.1, 0.15) is 0 Å². The number of rotatable bonds is 7. The van der Waals surface area contributed by atoms with Crippen LogP contribution in [0.15, 0.2) is 25.4 Å². The first-order valence-corrected chi connectivity index (χ1v) is 8.96. The van der Waals surface area contributed by atoms with E-state index in [9.17, 15) is 4.79 Å². The molecule has 0 heterocycles. The Morgan fingerprint density at radius 1 is 1.42 bits per heavy atom. The molecule has 2 N–H and O–H groups in total. The Kier molecular flexibility index (Phi) is 7.86. The van der Waals surface area contributed by atoms with E-state index in [0.717, 1.165) is 16.3 Å². The van der Waals surface area contributed by atoms with Crippen LogP contribution in [-0.2, 0) is 9.53 Å². The molecule has 1 fully saturated rings. The molecule has 1 amide bonds. The van der Waals surface area contributed by atoms with Gasteiger partial charge in [0.2, 0.25) is 0 Å². The molecule has 1 aliphatic rings. The summed E-state index contributed by atoms with van der Waals surface area (Å²) in [5, 5.41) is 0. The number of carbonyl (C=O) groups is 1. The zero-order valence-corrected chi connectivity index (χ0v) is 15.3. The van der Waals surface area contributed by atoms with Gasteiger partial charge in [0.05, 0.1) is 0 Å². The van der Waals surface area contributed by atoms with E-state index in [1.165, 1.54) is 55.8 Å². The van der Waals surface area contributed by atoms with Crippen LogP contribution < -0.4 is 5.73 Å². The van der Waals surface area contributed by atoms with E-state index < -0.39 is 0 Å². The molecule has 0 aromatic rings. The van der Waals surface area contributed by atoms with Crippen LogP contribution in [0.4, 0.5) is 0 Å². The van der Waals surface area contributed by atoms with Gasteiger partial charge in [0.25, 0.3) is 0 Å². The number of amides is 1. The minimum absolute atomic E-state index is 0.156. The van der Waals surface area contributed by atoms with Crippen molar-refractivity contribution >= 4 is 31.7 Å². The van der Waals surface area contributed by atoms with E-state index >= 15 is 0 Å². The third kappa shape index (κ3) is 5.35. The maximum absolute atomic E-state index is 11.7. The molecular formula is C14H23N2O2Pb. The molecule has 1 unspecified atom stereocenters. The first-order valence-electron chi connectivity index (χ1n) is 6.72. The van der Waals surface area contributed by atoms with Crippen molar-refractivity contribution in [3.05, 3.63) is 25.4 Å². The summed E-state index contributed by atoms with van der Waals surface area (Å²) >= 11 is 1.29. The first kappa shape index (κ1) is 16.8. The number of nitrogens with zero attached hydrogens (tertiary/aromatic N) is 1. The second-order valence-electron chi connectivity index (χ2n) is 4.83. The van der Waals surface area contributed by atoms with E-state index in [2.05, 4.69) is 13.2 Å². The molecule has 0 aliphatic heterocycles. The van der Waals surface area contributed by atoms with Gasteiger partial charge in [0, 0.05) is 0 Å². The minimum atomic E-state index is -0.183. The summed E-state index contributed by atoms with van der Waals surface area (Å²) < 4.78 is 6.86. The van der Waals surface area contributed by atoms with Crippen molar-refractivity contribution in [2.75, 3.05) is 13.2 Å². The molecule has 105 valence electrons. The van der Waals surface area contributed by atoms with Crippen LogP contribution in [0.3, 0.4) is 0 Å². The van der Waals surface area contributed by atoms with Gasteiger partial charge in [-0.3, -0.25) is 0 Å². The van der Waals surface area contributed by atoms with E-state index in [1.54, 1.807) is 0 Å². The van der Waals surface area contributed by atoms with Crippen molar-refractivity contribution in [2.24, 2.45) is 5.73 Å². The normalized spacial score (nSPS) is 24.5. The first-order chi connectivity index (χ1) is 9.12. The van der Waals surface area contributed by atoms with Gasteiger partial charge < -0.3 is 0 Å². The van der Waals surface area contributed by atoms with Gasteiger partial charge in [-0.2, -0.15) is 0 Å². The van der Waals surface area contributed by atoms with Gasteiger partial charge in [-0.1, -0.05) is 0 Å². The summed E-state index contributed by atoms with van der Waals surface area (Å²) in [7, 11) is 0. The average Bonchev–Trinajstić information content (AvgIpc) is 2.44. The van der Waals surface area contributed by atoms with Crippen LogP contribution in [0.1, 0.15) is 25.7 Å². The van der Waals surface area contributed by atoms with Crippen LogP contribution in [0.2, 0.25) is 3.48 Å². The standard InChI is InChI=1S/C14H23N2O2.Pb/c1-3-14(17)16(4-2)12(10-15)11-18-13-8-6-5-7-9-13;/h3-5,12-13H,1-2,6-11,15H2;. The third-order valence-electron chi connectivity index (χ3n) is 3.49. The van der Waals surface area contributed by atoms with Crippen LogP contribution >= 0.6 is 0 Å². The van der Waals surface area contributed by atoms with E-state index in [1.807, 2.05) is 0 Å². The van der Waals surface area contributed by atoms with Gasteiger partial charge >= 0.3 is 132 Å². The Hall–Kier alpha value is -0.208. The SMILES string of the molecule is C=CC(=O)N(C=C)C(CN)COC1CC[CH]([Pb])CC1. The molecule has 19 heavy (non-hydrogen) atoms. The zero-order valence-electron chi connectivity index (χ0n) is 11.4. The zero-order chi connectivity index (χ0) is 14.3. The van der Waals surface area contributed by atoms with Gasteiger partial charge in [-0.15, -0.1) is 0 Å². The summed E-state index contributed by atoms with van der Waals surface area (Å²) in [6.45, 7) is 7.98. The molecule has 4 nitrogen and oxygen atoms in total. The summed E-state index contributed by atoms with van der Waals surface area (Å²) in [6, 6.07) is -0.156. The Morgan fingerprint density at radius 3 is 2.53 bits per heavy atom. The van der Waals surface area contributed by atoms with Crippen LogP contribution in [0.5, 0.6) is 0 Å². The van der Waals surface area contributed by atoms with Crippen molar-refractivity contribution in [1.82, 2.24) is 4.90 Å². The molecular weight excluding hydrogens is 435 g/mol. The Balaban J connectivity index is 2.45. The van der Waals surface area contributed by atoms with Crippen molar-refractivity contribution < 1.29 is 9.53 Å². The number of hydrogen-bond acceptors (Lipinski definition) is 3. The number of carbonyl (C=O) groups excluding carboxylic acids is 1. The average molecular weight is 459 g/mol. The molecule has 1 aliphatic carbocycles. The summed E-state index contributed by atoms with van der Waals surface area (Å²) in [6.07, 6.45) is 7.92. The molecule has 0 aromatic carbocycles. The van der Waals surface area contributed by atoms with Gasteiger partial charge in [-0.05, 0) is 0 Å². The molecule has 1 atom stereocenters. The second-order valence-corrected chi connectivity index (χ2v) is 8.00. The molecule has 3 radical (unpaired) electrons. The summed E-state index contributed by atoms with van der Waals surface area (Å²) in [5.41, 5.74) is 5.73. The van der Waals surface area contributed by atoms with Crippen molar-refractivity contribution in [2.45, 2.75) is 41.3 Å². The van der Waals surface area contributed by atoms with Gasteiger partial charge in [-0.25, -0.2) is 0 Å². The molecule has 5 heteroatoms. The quantitative estimate of drug-likeness (QED) is 0.464. The molecule has 0 spiro atoms. The van der Waals surface area contributed by atoms with Gasteiger partial charge in [0.15, 0.2) is 0 Å². The van der Waals surface area contributed by atoms with Crippen LogP contribution in [0, 0.1) is 0 Å². The Labute approximate surface area is 131 Å².